The van der Waals surface area contributed by atoms with Gasteiger partial charge in [-0.05, 0) is 26.3 Å². The average molecular weight is 295 g/mol. The highest BCUT2D eigenvalue weighted by atomic mass is 16.6. The van der Waals surface area contributed by atoms with Crippen LogP contribution in [0.5, 0.6) is 0 Å². The third-order valence-corrected chi connectivity index (χ3v) is 2.77. The lowest BCUT2D eigenvalue weighted by atomic mass is 9.91. The van der Waals surface area contributed by atoms with Gasteiger partial charge in [0.2, 0.25) is 0 Å². The standard InChI is InChI=1S/C15H21NO5/c1-14(2,3)21-13(20)16-15(10-17,12(18)19)9-11-7-5-4-6-8-11/h4-8,17H,9-10H2,1-3H3,(H,16,20)(H,18,19). The lowest BCUT2D eigenvalue weighted by Gasteiger charge is -2.30. The number of hydrogen-bond donors (Lipinski definition) is 3. The second-order valence-corrected chi connectivity index (χ2v) is 5.83. The number of alkyl carbamates (subject to hydrolysis) is 1. The second-order valence-electron chi connectivity index (χ2n) is 5.83. The molecule has 0 radical (unpaired) electrons. The van der Waals surface area contributed by atoms with Crippen LogP contribution in [0.3, 0.4) is 0 Å². The van der Waals surface area contributed by atoms with Gasteiger partial charge in [0.25, 0.3) is 0 Å². The van der Waals surface area contributed by atoms with E-state index in [2.05, 4.69) is 5.32 Å². The predicted octanol–water partition coefficient (Wildman–Crippen LogP) is 1.57. The van der Waals surface area contributed by atoms with Gasteiger partial charge in [-0.25, -0.2) is 9.59 Å². The summed E-state index contributed by atoms with van der Waals surface area (Å²) in [6.45, 7) is 4.28. The molecular formula is C15H21NO5. The molecule has 0 saturated heterocycles. The number of hydrogen-bond acceptors (Lipinski definition) is 4. The first-order valence-electron chi connectivity index (χ1n) is 6.58. The Kier molecular flexibility index (Phi) is 5.32. The molecule has 3 N–H and O–H groups in total. The summed E-state index contributed by atoms with van der Waals surface area (Å²) >= 11 is 0. The minimum absolute atomic E-state index is 0.0427. The van der Waals surface area contributed by atoms with Crippen LogP contribution in [0.15, 0.2) is 30.3 Å². The van der Waals surface area contributed by atoms with Gasteiger partial charge >= 0.3 is 12.1 Å². The highest BCUT2D eigenvalue weighted by molar-refractivity contribution is 5.85. The fourth-order valence-electron chi connectivity index (χ4n) is 1.78. The number of ether oxygens (including phenoxy) is 1. The number of rotatable bonds is 5. The van der Waals surface area contributed by atoms with Crippen LogP contribution in [-0.2, 0) is 16.0 Å². The molecule has 6 nitrogen and oxygen atoms in total. The third-order valence-electron chi connectivity index (χ3n) is 2.77. The molecule has 0 aromatic heterocycles. The fourth-order valence-corrected chi connectivity index (χ4v) is 1.78. The average Bonchev–Trinajstić information content (AvgIpc) is 2.36. The zero-order valence-corrected chi connectivity index (χ0v) is 12.4. The van der Waals surface area contributed by atoms with Crippen molar-refractivity contribution in [2.75, 3.05) is 6.61 Å². The summed E-state index contributed by atoms with van der Waals surface area (Å²) in [5.74, 6) is -1.32. The van der Waals surface area contributed by atoms with Crippen LogP contribution in [0.25, 0.3) is 0 Å². The quantitative estimate of drug-likeness (QED) is 0.766. The SMILES string of the molecule is CC(C)(C)OC(=O)NC(CO)(Cc1ccccc1)C(=O)O. The summed E-state index contributed by atoms with van der Waals surface area (Å²) in [7, 11) is 0. The summed E-state index contributed by atoms with van der Waals surface area (Å²) in [4.78, 5) is 23.3. The van der Waals surface area contributed by atoms with Crippen LogP contribution in [0.1, 0.15) is 26.3 Å². The Morgan fingerprint density at radius 2 is 1.76 bits per heavy atom. The molecule has 116 valence electrons. The molecule has 0 spiro atoms. The maximum absolute atomic E-state index is 11.8. The van der Waals surface area contributed by atoms with Crippen LogP contribution >= 0.6 is 0 Å². The minimum Gasteiger partial charge on any atom is -0.479 e. The van der Waals surface area contributed by atoms with E-state index in [1.807, 2.05) is 0 Å². The van der Waals surface area contributed by atoms with Crippen LogP contribution < -0.4 is 5.32 Å². The summed E-state index contributed by atoms with van der Waals surface area (Å²) in [5, 5.41) is 21.2. The Morgan fingerprint density at radius 1 is 1.19 bits per heavy atom. The molecule has 0 aliphatic heterocycles. The van der Waals surface area contributed by atoms with Crippen molar-refractivity contribution in [1.29, 1.82) is 0 Å². The number of carboxylic acid groups (broad SMARTS) is 1. The van der Waals surface area contributed by atoms with E-state index >= 15 is 0 Å². The first-order valence-corrected chi connectivity index (χ1v) is 6.58. The van der Waals surface area contributed by atoms with Crippen molar-refractivity contribution in [3.05, 3.63) is 35.9 Å². The number of aliphatic hydroxyl groups excluding tert-OH is 1. The van der Waals surface area contributed by atoms with Crippen molar-refractivity contribution in [3.63, 3.8) is 0 Å². The molecule has 1 amide bonds. The van der Waals surface area contributed by atoms with Crippen LogP contribution in [0, 0.1) is 0 Å². The van der Waals surface area contributed by atoms with Gasteiger partial charge in [-0.15, -0.1) is 0 Å². The third kappa shape index (κ3) is 5.07. The Morgan fingerprint density at radius 3 is 2.19 bits per heavy atom. The van der Waals surface area contributed by atoms with Crippen LogP contribution in [-0.4, -0.2) is 40.0 Å². The van der Waals surface area contributed by atoms with Gasteiger partial charge in [0, 0.05) is 6.42 Å². The molecule has 1 rings (SSSR count). The summed E-state index contributed by atoms with van der Waals surface area (Å²) < 4.78 is 5.06. The van der Waals surface area contributed by atoms with Crippen molar-refractivity contribution in [2.45, 2.75) is 38.3 Å². The smallest absolute Gasteiger partial charge is 0.408 e. The maximum Gasteiger partial charge on any atom is 0.408 e. The van der Waals surface area contributed by atoms with E-state index in [0.29, 0.717) is 5.56 Å². The molecular weight excluding hydrogens is 274 g/mol. The van der Waals surface area contributed by atoms with E-state index < -0.39 is 29.8 Å². The minimum atomic E-state index is -1.82. The fraction of sp³-hybridized carbons (Fsp3) is 0.467. The molecule has 1 unspecified atom stereocenters. The van der Waals surface area contributed by atoms with Crippen LogP contribution in [0.2, 0.25) is 0 Å². The number of nitrogens with one attached hydrogen (secondary N) is 1. The molecule has 0 heterocycles. The first-order chi connectivity index (χ1) is 9.68. The zero-order valence-electron chi connectivity index (χ0n) is 12.4. The molecule has 0 fully saturated rings. The molecule has 0 aliphatic carbocycles. The van der Waals surface area contributed by atoms with Gasteiger partial charge in [0.05, 0.1) is 6.61 Å². The maximum atomic E-state index is 11.8. The normalized spacial score (nSPS) is 14.1. The number of benzene rings is 1. The number of amides is 1. The first kappa shape index (κ1) is 17.0. The van der Waals surface area contributed by atoms with Gasteiger partial charge in [-0.1, -0.05) is 30.3 Å². The number of aliphatic carboxylic acids is 1. The molecule has 1 aromatic carbocycles. The summed E-state index contributed by atoms with van der Waals surface area (Å²) in [6, 6.07) is 8.76. The van der Waals surface area contributed by atoms with E-state index in [1.54, 1.807) is 51.1 Å². The van der Waals surface area contributed by atoms with Crippen LogP contribution in [0.4, 0.5) is 4.79 Å². The van der Waals surface area contributed by atoms with Crippen molar-refractivity contribution < 1.29 is 24.5 Å². The summed E-state index contributed by atoms with van der Waals surface area (Å²) in [6.07, 6.45) is -0.922. The zero-order chi connectivity index (χ0) is 16.1. The van der Waals surface area contributed by atoms with Gasteiger partial charge in [0.1, 0.15) is 5.60 Å². The van der Waals surface area contributed by atoms with Gasteiger partial charge in [0.15, 0.2) is 5.54 Å². The van der Waals surface area contributed by atoms with E-state index in [4.69, 9.17) is 4.74 Å². The Labute approximate surface area is 123 Å². The van der Waals surface area contributed by atoms with E-state index in [1.165, 1.54) is 0 Å². The van der Waals surface area contributed by atoms with E-state index in [9.17, 15) is 19.8 Å². The number of aliphatic hydroxyl groups is 1. The summed E-state index contributed by atoms with van der Waals surface area (Å²) in [5.41, 5.74) is -1.88. The van der Waals surface area contributed by atoms with Crippen molar-refractivity contribution >= 4 is 12.1 Å². The Bertz CT molecular complexity index is 495. The van der Waals surface area contributed by atoms with Gasteiger partial charge < -0.3 is 20.3 Å². The topological polar surface area (TPSA) is 95.9 Å². The molecule has 0 saturated carbocycles. The molecule has 0 aliphatic rings. The highest BCUT2D eigenvalue weighted by Gasteiger charge is 2.41. The number of carbonyl (C=O) groups excluding carboxylic acids is 1. The monoisotopic (exact) mass is 295 g/mol. The lowest BCUT2D eigenvalue weighted by molar-refractivity contribution is -0.146. The molecule has 0 bridgehead atoms. The van der Waals surface area contributed by atoms with Crippen molar-refractivity contribution in [1.82, 2.24) is 5.32 Å². The highest BCUT2D eigenvalue weighted by Crippen LogP contribution is 2.16. The lowest BCUT2D eigenvalue weighted by Crippen LogP contribution is -2.59. The van der Waals surface area contributed by atoms with Crippen molar-refractivity contribution in [3.8, 4) is 0 Å². The largest absolute Gasteiger partial charge is 0.479 e. The molecule has 1 atom stereocenters. The van der Waals surface area contributed by atoms with E-state index in [0.717, 1.165) is 0 Å². The Hall–Kier alpha value is -2.08. The number of carbonyl (C=O) groups is 2. The molecule has 6 heteroatoms. The Balaban J connectivity index is 2.94. The molecule has 1 aromatic rings. The van der Waals surface area contributed by atoms with Crippen molar-refractivity contribution in [2.24, 2.45) is 0 Å². The number of carboxylic acids is 1. The molecule has 21 heavy (non-hydrogen) atoms. The van der Waals surface area contributed by atoms with Gasteiger partial charge in [-0.3, -0.25) is 0 Å². The second kappa shape index (κ2) is 6.58. The van der Waals surface area contributed by atoms with E-state index in [-0.39, 0.29) is 6.42 Å². The predicted molar refractivity (Wildman–Crippen MR) is 77.0 cm³/mol. The van der Waals surface area contributed by atoms with Gasteiger partial charge in [-0.2, -0.15) is 0 Å².